The number of furan rings is 1. The lowest BCUT2D eigenvalue weighted by Crippen LogP contribution is -2.42. The standard InChI is InChI=1S/C20H26N2O4S/c1-15-10-16(2)13-22(12-15)27(24,25)19-8-4-6-17(11-19)20(23)21(3)14-18-7-5-9-26-18/h4-9,11,15-16H,10,12-14H2,1-3H3. The SMILES string of the molecule is CC1CC(C)CN(S(=O)(=O)c2cccc(C(=O)N(C)Cc3ccco3)c2)C1. The van der Waals surface area contributed by atoms with Gasteiger partial charge in [0, 0.05) is 25.7 Å². The Kier molecular flexibility index (Phi) is 5.72. The highest BCUT2D eigenvalue weighted by atomic mass is 32.2. The highest BCUT2D eigenvalue weighted by molar-refractivity contribution is 7.89. The van der Waals surface area contributed by atoms with Gasteiger partial charge in [0.05, 0.1) is 17.7 Å². The van der Waals surface area contributed by atoms with Crippen LogP contribution in [0, 0.1) is 11.8 Å². The normalized spacial score (nSPS) is 21.1. The first-order chi connectivity index (χ1) is 12.8. The lowest BCUT2D eigenvalue weighted by atomic mass is 9.94. The average molecular weight is 391 g/mol. The molecule has 2 atom stereocenters. The van der Waals surface area contributed by atoms with Crippen molar-refractivity contribution in [1.29, 1.82) is 0 Å². The quantitative estimate of drug-likeness (QED) is 0.786. The lowest BCUT2D eigenvalue weighted by Gasteiger charge is -2.34. The molecule has 7 heteroatoms. The second kappa shape index (κ2) is 7.86. The highest BCUT2D eigenvalue weighted by Gasteiger charge is 2.32. The second-order valence-corrected chi connectivity index (χ2v) is 9.47. The monoisotopic (exact) mass is 390 g/mol. The minimum absolute atomic E-state index is 0.168. The van der Waals surface area contributed by atoms with Crippen LogP contribution < -0.4 is 0 Å². The molecular weight excluding hydrogens is 364 g/mol. The van der Waals surface area contributed by atoms with Crippen molar-refractivity contribution in [2.45, 2.75) is 31.7 Å². The summed E-state index contributed by atoms with van der Waals surface area (Å²) in [4.78, 5) is 14.4. The van der Waals surface area contributed by atoms with E-state index in [-0.39, 0.29) is 10.8 Å². The number of rotatable bonds is 5. The third kappa shape index (κ3) is 4.42. The van der Waals surface area contributed by atoms with Gasteiger partial charge in [-0.3, -0.25) is 4.79 Å². The van der Waals surface area contributed by atoms with Gasteiger partial charge in [-0.1, -0.05) is 19.9 Å². The maximum Gasteiger partial charge on any atom is 0.254 e. The number of hydrogen-bond donors (Lipinski definition) is 0. The molecule has 1 fully saturated rings. The van der Waals surface area contributed by atoms with Crippen molar-refractivity contribution in [3.8, 4) is 0 Å². The first-order valence-corrected chi connectivity index (χ1v) is 10.6. The van der Waals surface area contributed by atoms with Gasteiger partial charge in [0.1, 0.15) is 5.76 Å². The van der Waals surface area contributed by atoms with Crippen LogP contribution in [0.15, 0.2) is 52.0 Å². The van der Waals surface area contributed by atoms with Crippen molar-refractivity contribution in [1.82, 2.24) is 9.21 Å². The van der Waals surface area contributed by atoms with Crippen LogP contribution in [0.4, 0.5) is 0 Å². The van der Waals surface area contributed by atoms with Crippen molar-refractivity contribution < 1.29 is 17.6 Å². The maximum atomic E-state index is 13.1. The van der Waals surface area contributed by atoms with Gasteiger partial charge in [-0.2, -0.15) is 4.31 Å². The summed E-state index contributed by atoms with van der Waals surface area (Å²) in [6.45, 7) is 5.50. The summed E-state index contributed by atoms with van der Waals surface area (Å²) < 4.78 is 32.9. The van der Waals surface area contributed by atoms with Gasteiger partial charge in [-0.05, 0) is 48.6 Å². The highest BCUT2D eigenvalue weighted by Crippen LogP contribution is 2.27. The fourth-order valence-electron chi connectivity index (χ4n) is 3.67. The van der Waals surface area contributed by atoms with Crippen LogP contribution in [-0.4, -0.2) is 43.7 Å². The summed E-state index contributed by atoms with van der Waals surface area (Å²) in [6, 6.07) is 9.85. The first-order valence-electron chi connectivity index (χ1n) is 9.15. The van der Waals surface area contributed by atoms with E-state index in [1.807, 2.05) is 0 Å². The predicted molar refractivity (Wildman–Crippen MR) is 103 cm³/mol. The van der Waals surface area contributed by atoms with Crippen LogP contribution >= 0.6 is 0 Å². The molecule has 3 rings (SSSR count). The van der Waals surface area contributed by atoms with E-state index < -0.39 is 10.0 Å². The van der Waals surface area contributed by atoms with E-state index in [0.29, 0.717) is 42.8 Å². The Labute approximate surface area is 160 Å². The molecule has 1 saturated heterocycles. The molecule has 0 aliphatic carbocycles. The molecular formula is C20H26N2O4S. The lowest BCUT2D eigenvalue weighted by molar-refractivity contribution is 0.0775. The van der Waals surface area contributed by atoms with Gasteiger partial charge < -0.3 is 9.32 Å². The van der Waals surface area contributed by atoms with Crippen molar-refractivity contribution in [3.05, 3.63) is 54.0 Å². The number of benzene rings is 1. The summed E-state index contributed by atoms with van der Waals surface area (Å²) in [5, 5.41) is 0. The van der Waals surface area contributed by atoms with Crippen LogP contribution in [0.3, 0.4) is 0 Å². The minimum Gasteiger partial charge on any atom is -0.467 e. The Morgan fingerprint density at radius 3 is 2.52 bits per heavy atom. The maximum absolute atomic E-state index is 13.1. The van der Waals surface area contributed by atoms with Crippen LogP contribution in [0.1, 0.15) is 36.4 Å². The summed E-state index contributed by atoms with van der Waals surface area (Å²) in [5.41, 5.74) is 0.350. The topological polar surface area (TPSA) is 70.8 Å². The average Bonchev–Trinajstić information content (AvgIpc) is 3.13. The zero-order valence-electron chi connectivity index (χ0n) is 16.0. The number of amides is 1. The van der Waals surface area contributed by atoms with Gasteiger partial charge in [0.2, 0.25) is 10.0 Å². The number of sulfonamides is 1. The Morgan fingerprint density at radius 2 is 1.89 bits per heavy atom. The molecule has 1 aromatic carbocycles. The van der Waals surface area contributed by atoms with Crippen molar-refractivity contribution in [3.63, 3.8) is 0 Å². The van der Waals surface area contributed by atoms with Gasteiger partial charge in [-0.25, -0.2) is 8.42 Å². The predicted octanol–water partition coefficient (Wildman–Crippen LogP) is 3.22. The molecule has 6 nitrogen and oxygen atoms in total. The van der Waals surface area contributed by atoms with Crippen LogP contribution in [0.5, 0.6) is 0 Å². The Bertz CT molecular complexity index is 882. The van der Waals surface area contributed by atoms with E-state index in [0.717, 1.165) is 6.42 Å². The molecule has 1 aromatic heterocycles. The molecule has 1 aliphatic heterocycles. The van der Waals surface area contributed by atoms with Crippen LogP contribution in [0.25, 0.3) is 0 Å². The second-order valence-electron chi connectivity index (χ2n) is 7.54. The van der Waals surface area contributed by atoms with E-state index in [2.05, 4.69) is 13.8 Å². The molecule has 146 valence electrons. The largest absolute Gasteiger partial charge is 0.467 e. The van der Waals surface area contributed by atoms with E-state index in [4.69, 9.17) is 4.42 Å². The number of nitrogens with zero attached hydrogens (tertiary/aromatic N) is 2. The van der Waals surface area contributed by atoms with Crippen molar-refractivity contribution in [2.24, 2.45) is 11.8 Å². The summed E-state index contributed by atoms with van der Waals surface area (Å²) >= 11 is 0. The molecule has 2 heterocycles. The molecule has 2 unspecified atom stereocenters. The molecule has 0 radical (unpaired) electrons. The molecule has 1 amide bonds. The molecule has 0 N–H and O–H groups in total. The first kappa shape index (κ1) is 19.6. The fourth-order valence-corrected chi connectivity index (χ4v) is 5.40. The molecule has 1 aliphatic rings. The molecule has 2 aromatic rings. The fraction of sp³-hybridized carbons (Fsp3) is 0.450. The van der Waals surface area contributed by atoms with E-state index in [1.165, 1.54) is 11.0 Å². The third-order valence-corrected chi connectivity index (χ3v) is 6.70. The van der Waals surface area contributed by atoms with Gasteiger partial charge in [-0.15, -0.1) is 0 Å². The zero-order valence-corrected chi connectivity index (χ0v) is 16.8. The molecule has 0 bridgehead atoms. The minimum atomic E-state index is -3.62. The smallest absolute Gasteiger partial charge is 0.254 e. The van der Waals surface area contributed by atoms with Gasteiger partial charge in [0.15, 0.2) is 0 Å². The number of piperidine rings is 1. The van der Waals surface area contributed by atoms with Crippen molar-refractivity contribution >= 4 is 15.9 Å². The zero-order chi connectivity index (χ0) is 19.6. The van der Waals surface area contributed by atoms with Crippen LogP contribution in [-0.2, 0) is 16.6 Å². The number of hydrogen-bond acceptors (Lipinski definition) is 4. The van der Waals surface area contributed by atoms with Gasteiger partial charge >= 0.3 is 0 Å². The molecule has 0 spiro atoms. The molecule has 27 heavy (non-hydrogen) atoms. The number of carbonyl (C=O) groups is 1. The van der Waals surface area contributed by atoms with E-state index in [1.54, 1.807) is 47.9 Å². The molecule has 0 saturated carbocycles. The number of carbonyl (C=O) groups excluding carboxylic acids is 1. The summed E-state index contributed by atoms with van der Waals surface area (Å²) in [5.74, 6) is 1.08. The van der Waals surface area contributed by atoms with E-state index >= 15 is 0 Å². The summed E-state index contributed by atoms with van der Waals surface area (Å²) in [7, 11) is -1.95. The van der Waals surface area contributed by atoms with Crippen molar-refractivity contribution in [2.75, 3.05) is 20.1 Å². The van der Waals surface area contributed by atoms with E-state index in [9.17, 15) is 13.2 Å². The van der Waals surface area contributed by atoms with Gasteiger partial charge in [0.25, 0.3) is 5.91 Å². The third-order valence-electron chi connectivity index (χ3n) is 4.87. The van der Waals surface area contributed by atoms with Crippen LogP contribution in [0.2, 0.25) is 0 Å². The Balaban J connectivity index is 1.81. The Hall–Kier alpha value is -2.12. The Morgan fingerprint density at radius 1 is 1.19 bits per heavy atom. The summed E-state index contributed by atoms with van der Waals surface area (Å²) in [6.07, 6.45) is 2.59.